The highest BCUT2D eigenvalue weighted by atomic mass is 16.4. The molecular formula is C13H20N2O2. The number of nitrogens with zero attached hydrogens (tertiary/aromatic N) is 1. The van der Waals surface area contributed by atoms with Gasteiger partial charge in [0.1, 0.15) is 0 Å². The smallest absolute Gasteiger partial charge is 0.307 e. The van der Waals surface area contributed by atoms with Crippen LogP contribution in [0.3, 0.4) is 0 Å². The van der Waals surface area contributed by atoms with Crippen LogP contribution in [0.15, 0.2) is 24.5 Å². The van der Waals surface area contributed by atoms with Crippen molar-refractivity contribution in [2.75, 3.05) is 6.54 Å². The number of carbonyl (C=O) groups is 1. The van der Waals surface area contributed by atoms with Gasteiger partial charge in [-0.2, -0.15) is 0 Å². The molecule has 0 aliphatic heterocycles. The Balaban J connectivity index is 2.35. The summed E-state index contributed by atoms with van der Waals surface area (Å²) in [6.07, 6.45) is 4.18. The first-order valence-electron chi connectivity index (χ1n) is 5.92. The fourth-order valence-corrected chi connectivity index (χ4v) is 1.73. The first kappa shape index (κ1) is 13.6. The first-order chi connectivity index (χ1) is 8.09. The molecular weight excluding hydrogens is 216 g/mol. The summed E-state index contributed by atoms with van der Waals surface area (Å²) in [5.41, 5.74) is 1.12. The average molecular weight is 236 g/mol. The topological polar surface area (TPSA) is 62.2 Å². The van der Waals surface area contributed by atoms with Gasteiger partial charge in [-0.1, -0.05) is 13.8 Å². The van der Waals surface area contributed by atoms with Crippen molar-refractivity contribution >= 4 is 5.97 Å². The van der Waals surface area contributed by atoms with Crippen molar-refractivity contribution in [3.05, 3.63) is 30.1 Å². The SMILES string of the molecule is CC(C)CC(CNCc1ccncc1)C(=O)O. The molecule has 0 amide bonds. The van der Waals surface area contributed by atoms with Gasteiger partial charge in [0.15, 0.2) is 0 Å². The molecule has 17 heavy (non-hydrogen) atoms. The molecule has 0 aliphatic carbocycles. The zero-order valence-corrected chi connectivity index (χ0v) is 10.4. The molecule has 0 radical (unpaired) electrons. The van der Waals surface area contributed by atoms with E-state index in [9.17, 15) is 4.79 Å². The van der Waals surface area contributed by atoms with Crippen molar-refractivity contribution in [3.63, 3.8) is 0 Å². The number of hydrogen-bond donors (Lipinski definition) is 2. The van der Waals surface area contributed by atoms with E-state index in [1.165, 1.54) is 0 Å². The zero-order chi connectivity index (χ0) is 12.7. The van der Waals surface area contributed by atoms with Gasteiger partial charge < -0.3 is 10.4 Å². The summed E-state index contributed by atoms with van der Waals surface area (Å²) in [6.45, 7) is 5.28. The van der Waals surface area contributed by atoms with Crippen LogP contribution in [0.5, 0.6) is 0 Å². The van der Waals surface area contributed by atoms with E-state index in [4.69, 9.17) is 5.11 Å². The molecule has 0 aliphatic rings. The highest BCUT2D eigenvalue weighted by Gasteiger charge is 2.17. The molecule has 1 rings (SSSR count). The molecule has 0 bridgehead atoms. The van der Waals surface area contributed by atoms with E-state index in [1.807, 2.05) is 26.0 Å². The third kappa shape index (κ3) is 5.45. The van der Waals surface area contributed by atoms with Crippen molar-refractivity contribution in [2.45, 2.75) is 26.8 Å². The molecule has 0 aromatic carbocycles. The molecule has 94 valence electrons. The van der Waals surface area contributed by atoms with Crippen molar-refractivity contribution < 1.29 is 9.90 Å². The quantitative estimate of drug-likeness (QED) is 0.759. The van der Waals surface area contributed by atoms with Crippen molar-refractivity contribution in [1.29, 1.82) is 0 Å². The molecule has 2 N–H and O–H groups in total. The van der Waals surface area contributed by atoms with Crippen LogP contribution in [0.4, 0.5) is 0 Å². The standard InChI is InChI=1S/C13H20N2O2/c1-10(2)7-12(13(16)17)9-15-8-11-3-5-14-6-4-11/h3-6,10,12,15H,7-9H2,1-2H3,(H,16,17). The first-order valence-corrected chi connectivity index (χ1v) is 5.92. The van der Waals surface area contributed by atoms with Crippen LogP contribution < -0.4 is 5.32 Å². The van der Waals surface area contributed by atoms with Gasteiger partial charge in [0.2, 0.25) is 0 Å². The Morgan fingerprint density at radius 3 is 2.59 bits per heavy atom. The molecule has 1 atom stereocenters. The van der Waals surface area contributed by atoms with E-state index in [0.717, 1.165) is 5.56 Å². The average Bonchev–Trinajstić information content (AvgIpc) is 2.28. The van der Waals surface area contributed by atoms with E-state index in [1.54, 1.807) is 12.4 Å². The highest BCUT2D eigenvalue weighted by molar-refractivity contribution is 5.70. The maximum Gasteiger partial charge on any atom is 0.307 e. The number of rotatable bonds is 7. The molecule has 0 spiro atoms. The zero-order valence-electron chi connectivity index (χ0n) is 10.4. The lowest BCUT2D eigenvalue weighted by atomic mass is 9.97. The Morgan fingerprint density at radius 1 is 1.41 bits per heavy atom. The highest BCUT2D eigenvalue weighted by Crippen LogP contribution is 2.11. The van der Waals surface area contributed by atoms with Gasteiger partial charge in [-0.3, -0.25) is 9.78 Å². The predicted octanol–water partition coefficient (Wildman–Crippen LogP) is 1.92. The van der Waals surface area contributed by atoms with Crippen LogP contribution in [-0.4, -0.2) is 22.6 Å². The summed E-state index contributed by atoms with van der Waals surface area (Å²) in [7, 11) is 0. The van der Waals surface area contributed by atoms with E-state index < -0.39 is 5.97 Å². The number of carboxylic acid groups (broad SMARTS) is 1. The molecule has 1 heterocycles. The number of hydrogen-bond acceptors (Lipinski definition) is 3. The molecule has 1 unspecified atom stereocenters. The van der Waals surface area contributed by atoms with Crippen molar-refractivity contribution in [2.24, 2.45) is 11.8 Å². The predicted molar refractivity (Wildman–Crippen MR) is 66.5 cm³/mol. The summed E-state index contributed by atoms with van der Waals surface area (Å²) < 4.78 is 0. The number of aliphatic carboxylic acids is 1. The third-order valence-electron chi connectivity index (χ3n) is 2.57. The van der Waals surface area contributed by atoms with E-state index in [0.29, 0.717) is 25.4 Å². The Kier molecular flexibility index (Phi) is 5.63. The largest absolute Gasteiger partial charge is 0.481 e. The monoisotopic (exact) mass is 236 g/mol. The van der Waals surface area contributed by atoms with E-state index in [2.05, 4.69) is 10.3 Å². The number of pyridine rings is 1. The van der Waals surface area contributed by atoms with E-state index in [-0.39, 0.29) is 5.92 Å². The van der Waals surface area contributed by atoms with E-state index >= 15 is 0 Å². The normalized spacial score (nSPS) is 12.6. The molecule has 0 fully saturated rings. The Labute approximate surface area is 102 Å². The van der Waals surface area contributed by atoms with Gasteiger partial charge >= 0.3 is 5.97 Å². The summed E-state index contributed by atoms with van der Waals surface area (Å²) in [5.74, 6) is -0.628. The lowest BCUT2D eigenvalue weighted by Gasteiger charge is -2.15. The van der Waals surface area contributed by atoms with Gasteiger partial charge in [-0.25, -0.2) is 0 Å². The van der Waals surface area contributed by atoms with Crippen LogP contribution >= 0.6 is 0 Å². The fourth-order valence-electron chi connectivity index (χ4n) is 1.73. The molecule has 1 aromatic rings. The number of aromatic nitrogens is 1. The Morgan fingerprint density at radius 2 is 2.06 bits per heavy atom. The molecule has 0 saturated heterocycles. The van der Waals surface area contributed by atoms with Crippen LogP contribution in [-0.2, 0) is 11.3 Å². The second-order valence-corrected chi connectivity index (χ2v) is 4.65. The van der Waals surface area contributed by atoms with Crippen molar-refractivity contribution in [1.82, 2.24) is 10.3 Å². The second-order valence-electron chi connectivity index (χ2n) is 4.65. The van der Waals surface area contributed by atoms with Gasteiger partial charge in [0.05, 0.1) is 5.92 Å². The summed E-state index contributed by atoms with van der Waals surface area (Å²) in [5, 5.41) is 12.2. The molecule has 0 saturated carbocycles. The summed E-state index contributed by atoms with van der Waals surface area (Å²) in [6, 6.07) is 3.84. The Bertz CT molecular complexity index is 339. The van der Waals surface area contributed by atoms with Gasteiger partial charge in [0, 0.05) is 25.5 Å². The lowest BCUT2D eigenvalue weighted by molar-refractivity contribution is -0.142. The lowest BCUT2D eigenvalue weighted by Crippen LogP contribution is -2.29. The second kappa shape index (κ2) is 7.01. The summed E-state index contributed by atoms with van der Waals surface area (Å²) in [4.78, 5) is 15.0. The van der Waals surface area contributed by atoms with Gasteiger partial charge in [-0.15, -0.1) is 0 Å². The molecule has 4 heteroatoms. The molecule has 4 nitrogen and oxygen atoms in total. The third-order valence-corrected chi connectivity index (χ3v) is 2.57. The minimum Gasteiger partial charge on any atom is -0.481 e. The van der Waals surface area contributed by atoms with Crippen LogP contribution in [0.2, 0.25) is 0 Å². The minimum atomic E-state index is -0.721. The fraction of sp³-hybridized carbons (Fsp3) is 0.538. The Hall–Kier alpha value is -1.42. The van der Waals surface area contributed by atoms with Crippen LogP contribution in [0.25, 0.3) is 0 Å². The van der Waals surface area contributed by atoms with Crippen molar-refractivity contribution in [3.8, 4) is 0 Å². The minimum absolute atomic E-state index is 0.308. The maximum atomic E-state index is 11.0. The maximum absolute atomic E-state index is 11.0. The number of carboxylic acids is 1. The molecule has 1 aromatic heterocycles. The number of nitrogens with one attached hydrogen (secondary N) is 1. The van der Waals surface area contributed by atoms with Gasteiger partial charge in [-0.05, 0) is 30.0 Å². The van der Waals surface area contributed by atoms with Crippen LogP contribution in [0.1, 0.15) is 25.8 Å². The van der Waals surface area contributed by atoms with Gasteiger partial charge in [0.25, 0.3) is 0 Å². The summed E-state index contributed by atoms with van der Waals surface area (Å²) >= 11 is 0. The van der Waals surface area contributed by atoms with Crippen LogP contribution in [0, 0.1) is 11.8 Å².